The van der Waals surface area contributed by atoms with Crippen LogP contribution < -0.4 is 5.32 Å². The van der Waals surface area contributed by atoms with E-state index in [1.807, 2.05) is 0 Å². The average Bonchev–Trinajstić information content (AvgIpc) is 3.27. The third-order valence-electron chi connectivity index (χ3n) is 6.83. The van der Waals surface area contributed by atoms with Gasteiger partial charge in [-0.05, 0) is 18.9 Å². The van der Waals surface area contributed by atoms with E-state index in [0.29, 0.717) is 0 Å². The third-order valence-corrected chi connectivity index (χ3v) is 6.83. The second-order valence-electron chi connectivity index (χ2n) is 8.26. The molecule has 5 atom stereocenters. The molecule has 1 aromatic heterocycles. The van der Waals surface area contributed by atoms with Gasteiger partial charge in [0.1, 0.15) is 6.67 Å². The zero-order chi connectivity index (χ0) is 23.7. The number of halogens is 1. The summed E-state index contributed by atoms with van der Waals surface area (Å²) >= 11 is 0. The highest BCUT2D eigenvalue weighted by atomic mass is 19.1. The van der Waals surface area contributed by atoms with Crippen molar-refractivity contribution in [1.82, 2.24) is 14.9 Å². The number of imidazole rings is 1. The number of aromatic nitrogens is 2. The molecule has 2 aromatic rings. The Hall–Kier alpha value is -3.34. The molecule has 0 saturated carbocycles. The molecule has 3 rings (SSSR count). The molecule has 0 spiro atoms. The highest BCUT2D eigenvalue weighted by Gasteiger charge is 2.66. The molecule has 1 fully saturated rings. The van der Waals surface area contributed by atoms with Crippen molar-refractivity contribution in [2.45, 2.75) is 44.8 Å². The number of aliphatic carboxylic acids is 2. The minimum absolute atomic E-state index is 0.00390. The van der Waals surface area contributed by atoms with E-state index in [2.05, 4.69) is 10.3 Å². The maximum atomic E-state index is 14.2. The largest absolute Gasteiger partial charge is 0.481 e. The lowest BCUT2D eigenvalue weighted by molar-refractivity contribution is -0.385. The first-order chi connectivity index (χ1) is 15.1. The summed E-state index contributed by atoms with van der Waals surface area (Å²) in [6, 6.07) is 3.19. The van der Waals surface area contributed by atoms with Crippen LogP contribution in [0.4, 0.5) is 10.1 Å². The number of nitro benzene ring substituents is 1. The minimum Gasteiger partial charge on any atom is -0.481 e. The molecule has 172 valence electrons. The number of carboxylic acids is 2. The first-order valence-electron chi connectivity index (χ1n) is 10.1. The topological polar surface area (TPSA) is 148 Å². The van der Waals surface area contributed by atoms with Crippen LogP contribution in [0.3, 0.4) is 0 Å². The SMILES string of the molecule is CCC1(C(=O)O)C(Cn2ccnc2)NC(CF)C(C)(C(=O)O)C1c1cccc([N+](=O)[O-])c1. The highest BCUT2D eigenvalue weighted by molar-refractivity contribution is 5.84. The Morgan fingerprint density at radius 3 is 2.53 bits per heavy atom. The van der Waals surface area contributed by atoms with E-state index in [1.54, 1.807) is 17.7 Å². The van der Waals surface area contributed by atoms with Crippen LogP contribution in [-0.4, -0.2) is 55.4 Å². The molecule has 11 heteroatoms. The van der Waals surface area contributed by atoms with Gasteiger partial charge in [-0.2, -0.15) is 0 Å². The standard InChI is InChI=1S/C21H25FN4O6/c1-3-21(19(29)30)16(11-25-8-7-23-12-25)24-15(10-22)20(2,18(27)28)17(21)13-5-4-6-14(9-13)26(31)32/h4-9,12,15-17,24H,3,10-11H2,1-2H3,(H,27,28)(H,29,30). The first kappa shape index (κ1) is 23.3. The van der Waals surface area contributed by atoms with Gasteiger partial charge >= 0.3 is 11.9 Å². The molecule has 1 aromatic carbocycles. The van der Waals surface area contributed by atoms with Crippen LogP contribution in [0.1, 0.15) is 31.7 Å². The van der Waals surface area contributed by atoms with Crippen LogP contribution in [-0.2, 0) is 16.1 Å². The second kappa shape index (κ2) is 8.65. The number of rotatable bonds is 8. The number of benzene rings is 1. The fraction of sp³-hybridized carbons (Fsp3) is 0.476. The van der Waals surface area contributed by atoms with E-state index in [-0.39, 0.29) is 24.2 Å². The zero-order valence-electron chi connectivity index (χ0n) is 17.6. The molecule has 0 amide bonds. The summed E-state index contributed by atoms with van der Waals surface area (Å²) in [6.45, 7) is 1.96. The van der Waals surface area contributed by atoms with Gasteiger partial charge in [-0.25, -0.2) is 9.37 Å². The van der Waals surface area contributed by atoms with E-state index in [4.69, 9.17) is 0 Å². The molecular formula is C21H25FN4O6. The first-order valence-corrected chi connectivity index (χ1v) is 10.1. The minimum atomic E-state index is -1.90. The van der Waals surface area contributed by atoms with Crippen LogP contribution in [0.5, 0.6) is 0 Å². The predicted molar refractivity (Wildman–Crippen MR) is 111 cm³/mol. The molecular weight excluding hydrogens is 423 g/mol. The molecule has 0 radical (unpaired) electrons. The van der Waals surface area contributed by atoms with Gasteiger partial charge in [-0.15, -0.1) is 0 Å². The summed E-state index contributed by atoms with van der Waals surface area (Å²) in [6.07, 6.45) is 4.64. The monoisotopic (exact) mass is 448 g/mol. The van der Waals surface area contributed by atoms with Crippen LogP contribution in [0.2, 0.25) is 0 Å². The lowest BCUT2D eigenvalue weighted by Gasteiger charge is -2.56. The molecule has 0 bridgehead atoms. The van der Waals surface area contributed by atoms with Gasteiger partial charge in [0.05, 0.1) is 28.1 Å². The maximum absolute atomic E-state index is 14.2. The number of nitrogens with zero attached hydrogens (tertiary/aromatic N) is 3. The van der Waals surface area contributed by atoms with Gasteiger partial charge in [0, 0.05) is 43.0 Å². The highest BCUT2D eigenvalue weighted by Crippen LogP contribution is 2.57. The summed E-state index contributed by atoms with van der Waals surface area (Å²) in [5.41, 5.74) is -3.74. The summed E-state index contributed by atoms with van der Waals surface area (Å²) < 4.78 is 15.9. The van der Waals surface area contributed by atoms with E-state index < -0.39 is 52.4 Å². The number of alkyl halides is 1. The summed E-state index contributed by atoms with van der Waals surface area (Å²) in [5.74, 6) is -3.91. The lowest BCUT2D eigenvalue weighted by Crippen LogP contribution is -2.71. The molecule has 1 aliphatic rings. The fourth-order valence-corrected chi connectivity index (χ4v) is 5.14. The third kappa shape index (κ3) is 3.52. The average molecular weight is 448 g/mol. The number of nitro groups is 1. The van der Waals surface area contributed by atoms with Crippen molar-refractivity contribution < 1.29 is 29.1 Å². The van der Waals surface area contributed by atoms with Crippen LogP contribution in [0.15, 0.2) is 43.0 Å². The molecule has 1 saturated heterocycles. The lowest BCUT2D eigenvalue weighted by atomic mass is 9.51. The van der Waals surface area contributed by atoms with E-state index in [1.165, 1.54) is 43.7 Å². The molecule has 2 heterocycles. The Bertz CT molecular complexity index is 1020. The maximum Gasteiger partial charge on any atom is 0.311 e. The predicted octanol–water partition coefficient (Wildman–Crippen LogP) is 2.46. The van der Waals surface area contributed by atoms with Crippen molar-refractivity contribution in [3.63, 3.8) is 0 Å². The number of non-ortho nitro benzene ring substituents is 1. The van der Waals surface area contributed by atoms with E-state index >= 15 is 0 Å². The van der Waals surface area contributed by atoms with Crippen LogP contribution in [0, 0.1) is 20.9 Å². The number of carbonyl (C=O) groups is 2. The number of hydrogen-bond donors (Lipinski definition) is 3. The Morgan fingerprint density at radius 2 is 2.03 bits per heavy atom. The van der Waals surface area contributed by atoms with E-state index in [9.17, 15) is 34.3 Å². The molecule has 32 heavy (non-hydrogen) atoms. The van der Waals surface area contributed by atoms with Crippen molar-refractivity contribution in [2.75, 3.05) is 6.67 Å². The van der Waals surface area contributed by atoms with Crippen molar-refractivity contribution in [3.05, 3.63) is 58.7 Å². The van der Waals surface area contributed by atoms with Gasteiger partial charge in [0.15, 0.2) is 0 Å². The van der Waals surface area contributed by atoms with Gasteiger partial charge in [-0.1, -0.05) is 19.1 Å². The Morgan fingerprint density at radius 1 is 1.31 bits per heavy atom. The van der Waals surface area contributed by atoms with Crippen molar-refractivity contribution in [2.24, 2.45) is 10.8 Å². The van der Waals surface area contributed by atoms with Crippen LogP contribution in [0.25, 0.3) is 0 Å². The molecule has 3 N–H and O–H groups in total. The van der Waals surface area contributed by atoms with Gasteiger partial charge < -0.3 is 20.1 Å². The van der Waals surface area contributed by atoms with Gasteiger partial charge in [-0.3, -0.25) is 19.7 Å². The van der Waals surface area contributed by atoms with Crippen molar-refractivity contribution in [1.29, 1.82) is 0 Å². The van der Waals surface area contributed by atoms with Crippen molar-refractivity contribution in [3.8, 4) is 0 Å². The molecule has 0 aliphatic carbocycles. The van der Waals surface area contributed by atoms with Crippen molar-refractivity contribution >= 4 is 17.6 Å². The number of carboxylic acid groups (broad SMARTS) is 2. The smallest absolute Gasteiger partial charge is 0.311 e. The summed E-state index contributed by atoms with van der Waals surface area (Å²) in [5, 5.41) is 35.0. The Balaban J connectivity index is 2.31. The molecule has 5 unspecified atom stereocenters. The fourth-order valence-electron chi connectivity index (χ4n) is 5.14. The zero-order valence-corrected chi connectivity index (χ0v) is 17.6. The van der Waals surface area contributed by atoms with Gasteiger partial charge in [0.25, 0.3) is 5.69 Å². The number of nitrogens with one attached hydrogen (secondary N) is 1. The Kier molecular flexibility index (Phi) is 6.31. The number of piperidine rings is 1. The van der Waals surface area contributed by atoms with Crippen LogP contribution >= 0.6 is 0 Å². The Labute approximate surface area is 183 Å². The summed E-state index contributed by atoms with van der Waals surface area (Å²) in [4.78, 5) is 40.1. The second-order valence-corrected chi connectivity index (χ2v) is 8.26. The van der Waals surface area contributed by atoms with Gasteiger partial charge in [0.2, 0.25) is 0 Å². The van der Waals surface area contributed by atoms with E-state index in [0.717, 1.165) is 0 Å². The normalized spacial score (nSPS) is 30.0. The quantitative estimate of drug-likeness (QED) is 0.412. The summed E-state index contributed by atoms with van der Waals surface area (Å²) in [7, 11) is 0. The number of hydrogen-bond acceptors (Lipinski definition) is 6. The molecule has 10 nitrogen and oxygen atoms in total. The molecule has 1 aliphatic heterocycles.